The van der Waals surface area contributed by atoms with Crippen molar-refractivity contribution in [2.45, 2.75) is 46.5 Å². The van der Waals surface area contributed by atoms with Gasteiger partial charge in [-0.3, -0.25) is 0 Å². The molecule has 0 aromatic heterocycles. The Kier molecular flexibility index (Phi) is 9.16. The second-order valence-corrected chi connectivity index (χ2v) is 7.06. The molecule has 0 aliphatic rings. The molecule has 0 aliphatic carbocycles. The molecule has 0 saturated heterocycles. The highest BCUT2D eigenvalue weighted by molar-refractivity contribution is 6.62. The minimum atomic E-state index is -0.514. The number of hydrogen-bond acceptors (Lipinski definition) is 6. The Labute approximate surface area is 173 Å². The van der Waals surface area contributed by atoms with Crippen LogP contribution < -0.4 is 10.2 Å². The van der Waals surface area contributed by atoms with E-state index in [2.05, 4.69) is 6.07 Å². The number of hydrogen-bond donors (Lipinski definition) is 0. The predicted molar refractivity (Wildman–Crippen MR) is 112 cm³/mol. The van der Waals surface area contributed by atoms with Crippen LogP contribution in [0.5, 0.6) is 11.5 Å². The van der Waals surface area contributed by atoms with Crippen molar-refractivity contribution in [2.24, 2.45) is 0 Å². The van der Waals surface area contributed by atoms with Gasteiger partial charge in [0.25, 0.3) is 0 Å². The Morgan fingerprint density at radius 3 is 2.10 bits per heavy atom. The van der Waals surface area contributed by atoms with E-state index in [-0.39, 0.29) is 19.0 Å². The molecule has 2 aromatic rings. The highest BCUT2D eigenvalue weighted by Crippen LogP contribution is 2.23. The SMILES string of the molecule is COCOCc1cc(Oc2ccc(C#N)cc2)ccc1B(OC(C)C)OC(C)C. The fourth-order valence-corrected chi connectivity index (χ4v) is 2.64. The summed E-state index contributed by atoms with van der Waals surface area (Å²) in [5.41, 5.74) is 2.36. The van der Waals surface area contributed by atoms with E-state index in [0.717, 1.165) is 11.0 Å². The van der Waals surface area contributed by atoms with Gasteiger partial charge in [0.15, 0.2) is 0 Å². The Morgan fingerprint density at radius 1 is 0.931 bits per heavy atom. The van der Waals surface area contributed by atoms with Gasteiger partial charge in [0.05, 0.1) is 18.2 Å². The molecular weight excluding hydrogens is 369 g/mol. The van der Waals surface area contributed by atoms with Gasteiger partial charge in [0.1, 0.15) is 18.3 Å². The average Bonchev–Trinajstić information content (AvgIpc) is 2.68. The highest BCUT2D eigenvalue weighted by atomic mass is 16.7. The van der Waals surface area contributed by atoms with Gasteiger partial charge in [-0.1, -0.05) is 6.07 Å². The number of methoxy groups -OCH3 is 1. The highest BCUT2D eigenvalue weighted by Gasteiger charge is 2.27. The fraction of sp³-hybridized carbons (Fsp3) is 0.409. The molecule has 6 nitrogen and oxygen atoms in total. The van der Waals surface area contributed by atoms with Crippen LogP contribution in [-0.2, 0) is 25.4 Å². The second kappa shape index (κ2) is 11.6. The summed E-state index contributed by atoms with van der Waals surface area (Å²) >= 11 is 0. The van der Waals surface area contributed by atoms with E-state index in [4.69, 9.17) is 28.8 Å². The van der Waals surface area contributed by atoms with Crippen LogP contribution in [-0.4, -0.2) is 33.2 Å². The van der Waals surface area contributed by atoms with Crippen LogP contribution >= 0.6 is 0 Å². The van der Waals surface area contributed by atoms with E-state index >= 15 is 0 Å². The summed E-state index contributed by atoms with van der Waals surface area (Å²) in [6.45, 7) is 8.40. The van der Waals surface area contributed by atoms with Gasteiger partial charge in [0.2, 0.25) is 0 Å². The molecule has 0 spiro atoms. The van der Waals surface area contributed by atoms with Crippen molar-refractivity contribution in [3.8, 4) is 17.6 Å². The number of ether oxygens (including phenoxy) is 3. The van der Waals surface area contributed by atoms with Gasteiger partial charge in [-0.15, -0.1) is 0 Å². The lowest BCUT2D eigenvalue weighted by Crippen LogP contribution is -2.42. The van der Waals surface area contributed by atoms with Crippen molar-refractivity contribution in [2.75, 3.05) is 13.9 Å². The van der Waals surface area contributed by atoms with Crippen LogP contribution in [0.4, 0.5) is 0 Å². The first kappa shape index (κ1) is 22.9. The van der Waals surface area contributed by atoms with Gasteiger partial charge >= 0.3 is 7.12 Å². The van der Waals surface area contributed by atoms with Crippen molar-refractivity contribution >= 4 is 12.6 Å². The molecule has 0 atom stereocenters. The summed E-state index contributed by atoms with van der Waals surface area (Å²) in [7, 11) is 1.07. The molecule has 0 bridgehead atoms. The lowest BCUT2D eigenvalue weighted by Gasteiger charge is -2.22. The van der Waals surface area contributed by atoms with E-state index in [1.165, 1.54) is 0 Å². The van der Waals surface area contributed by atoms with E-state index in [0.29, 0.717) is 23.7 Å². The van der Waals surface area contributed by atoms with Crippen LogP contribution in [0.15, 0.2) is 42.5 Å². The Bertz CT molecular complexity index is 792. The van der Waals surface area contributed by atoms with Crippen molar-refractivity contribution < 1.29 is 23.5 Å². The second-order valence-electron chi connectivity index (χ2n) is 7.06. The molecular formula is C22H28BNO5. The molecule has 0 aliphatic heterocycles. The molecule has 2 aromatic carbocycles. The molecule has 0 fully saturated rings. The molecule has 0 N–H and O–H groups in total. The summed E-state index contributed by atoms with van der Waals surface area (Å²) in [5.74, 6) is 1.30. The third kappa shape index (κ3) is 7.52. The quantitative estimate of drug-likeness (QED) is 0.324. The van der Waals surface area contributed by atoms with E-state index in [1.807, 2.05) is 45.9 Å². The summed E-state index contributed by atoms with van der Waals surface area (Å²) < 4.78 is 28.5. The zero-order valence-electron chi connectivity index (χ0n) is 17.7. The van der Waals surface area contributed by atoms with E-state index in [9.17, 15) is 0 Å². The van der Waals surface area contributed by atoms with Gasteiger partial charge in [-0.2, -0.15) is 5.26 Å². The zero-order valence-corrected chi connectivity index (χ0v) is 17.7. The van der Waals surface area contributed by atoms with Gasteiger partial charge < -0.3 is 23.5 Å². The standard InChI is InChI=1S/C22H28BNO5/c1-16(2)28-23(29-17(3)4)22-11-10-21(12-19(22)14-26-15-25-5)27-20-8-6-18(13-24)7-9-20/h6-12,16-17H,14-15H2,1-5H3. The minimum absolute atomic E-state index is 0.000990. The monoisotopic (exact) mass is 397 g/mol. The molecule has 0 heterocycles. The van der Waals surface area contributed by atoms with Crippen LogP contribution in [0.1, 0.15) is 38.8 Å². The van der Waals surface area contributed by atoms with Crippen LogP contribution in [0.25, 0.3) is 0 Å². The maximum atomic E-state index is 8.93. The molecule has 154 valence electrons. The van der Waals surface area contributed by atoms with Crippen molar-refractivity contribution in [1.29, 1.82) is 5.26 Å². The Morgan fingerprint density at radius 2 is 1.55 bits per heavy atom. The molecule has 0 saturated carbocycles. The van der Waals surface area contributed by atoms with Crippen LogP contribution in [0.2, 0.25) is 0 Å². The molecule has 29 heavy (non-hydrogen) atoms. The fourth-order valence-electron chi connectivity index (χ4n) is 2.64. The first-order valence-electron chi connectivity index (χ1n) is 9.61. The summed E-state index contributed by atoms with van der Waals surface area (Å²) in [6, 6.07) is 14.8. The van der Waals surface area contributed by atoms with E-state index in [1.54, 1.807) is 31.4 Å². The maximum absolute atomic E-state index is 8.93. The van der Waals surface area contributed by atoms with Crippen LogP contribution in [0.3, 0.4) is 0 Å². The molecule has 2 rings (SSSR count). The van der Waals surface area contributed by atoms with Gasteiger partial charge in [-0.05, 0) is 75.1 Å². The Balaban J connectivity index is 2.30. The third-order valence-electron chi connectivity index (χ3n) is 3.84. The van der Waals surface area contributed by atoms with Crippen molar-refractivity contribution in [3.63, 3.8) is 0 Å². The topological polar surface area (TPSA) is 69.9 Å². The number of nitrogens with zero attached hydrogens (tertiary/aromatic N) is 1. The smallest absolute Gasteiger partial charge is 0.457 e. The third-order valence-corrected chi connectivity index (χ3v) is 3.84. The number of nitriles is 1. The summed E-state index contributed by atoms with van der Waals surface area (Å²) in [6.07, 6.45) is 0.00198. The van der Waals surface area contributed by atoms with Crippen molar-refractivity contribution in [3.05, 3.63) is 53.6 Å². The van der Waals surface area contributed by atoms with Gasteiger partial charge in [-0.25, -0.2) is 0 Å². The summed E-state index contributed by atoms with van der Waals surface area (Å²) in [5, 5.41) is 8.93. The van der Waals surface area contributed by atoms with Crippen LogP contribution in [0, 0.1) is 11.3 Å². The lowest BCUT2D eigenvalue weighted by atomic mass is 9.75. The van der Waals surface area contributed by atoms with E-state index < -0.39 is 7.12 Å². The summed E-state index contributed by atoms with van der Waals surface area (Å²) in [4.78, 5) is 0. The number of benzene rings is 2. The first-order valence-corrected chi connectivity index (χ1v) is 9.61. The first-order chi connectivity index (χ1) is 13.9. The van der Waals surface area contributed by atoms with Gasteiger partial charge in [0, 0.05) is 19.3 Å². The zero-order chi connectivity index (χ0) is 21.2. The molecule has 7 heteroatoms. The normalized spacial score (nSPS) is 11.0. The largest absolute Gasteiger partial charge is 0.494 e. The number of rotatable bonds is 11. The van der Waals surface area contributed by atoms with Crippen molar-refractivity contribution in [1.82, 2.24) is 0 Å². The average molecular weight is 397 g/mol. The minimum Gasteiger partial charge on any atom is -0.457 e. The molecule has 0 radical (unpaired) electrons. The predicted octanol–water partition coefficient (Wildman–Crippen LogP) is 4.02. The lowest BCUT2D eigenvalue weighted by molar-refractivity contribution is -0.0389. The maximum Gasteiger partial charge on any atom is 0.494 e. The molecule has 0 unspecified atom stereocenters. The Hall–Kier alpha value is -2.37. The molecule has 0 amide bonds.